The quantitative estimate of drug-likeness (QED) is 0.734. The van der Waals surface area contributed by atoms with Gasteiger partial charge in [0.05, 0.1) is 6.61 Å². The Balaban J connectivity index is 2.03. The number of rotatable bonds is 5. The highest BCUT2D eigenvalue weighted by atomic mass is 16.5. The number of benzene rings is 1. The summed E-state index contributed by atoms with van der Waals surface area (Å²) in [5.74, 6) is 1.00. The zero-order chi connectivity index (χ0) is 16.2. The summed E-state index contributed by atoms with van der Waals surface area (Å²) in [5.41, 5.74) is 2.88. The zero-order valence-corrected chi connectivity index (χ0v) is 13.1. The first-order valence-electron chi connectivity index (χ1n) is 7.48. The number of anilines is 1. The van der Waals surface area contributed by atoms with Crippen LogP contribution in [-0.4, -0.2) is 33.5 Å². The van der Waals surface area contributed by atoms with E-state index in [-0.39, 0.29) is 12.5 Å². The van der Waals surface area contributed by atoms with Gasteiger partial charge in [-0.15, -0.1) is 0 Å². The van der Waals surface area contributed by atoms with Crippen LogP contribution in [0.5, 0.6) is 0 Å². The Labute approximate surface area is 134 Å². The fraction of sp³-hybridized carbons (Fsp3) is 0.235. The number of carbonyl (C=O) groups is 1. The lowest BCUT2D eigenvalue weighted by Gasteiger charge is -2.08. The number of esters is 1. The molecule has 3 rings (SSSR count). The molecule has 0 aliphatic rings. The van der Waals surface area contributed by atoms with E-state index in [2.05, 4.69) is 21.4 Å². The van der Waals surface area contributed by atoms with Crippen molar-refractivity contribution in [3.63, 3.8) is 0 Å². The van der Waals surface area contributed by atoms with Gasteiger partial charge in [-0.1, -0.05) is 23.8 Å². The van der Waals surface area contributed by atoms with Gasteiger partial charge < -0.3 is 10.1 Å². The summed E-state index contributed by atoms with van der Waals surface area (Å²) >= 11 is 0. The molecule has 3 aromatic rings. The van der Waals surface area contributed by atoms with Crippen LogP contribution < -0.4 is 5.32 Å². The number of carbonyl (C=O) groups excluding carboxylic acids is 1. The lowest BCUT2D eigenvalue weighted by Crippen LogP contribution is -2.17. The van der Waals surface area contributed by atoms with Gasteiger partial charge in [0.1, 0.15) is 18.1 Å². The topological polar surface area (TPSA) is 68.5 Å². The number of fused-ring (bicyclic) bond motifs is 1. The molecule has 0 aliphatic heterocycles. The fourth-order valence-corrected chi connectivity index (χ4v) is 2.42. The molecule has 0 aliphatic carbocycles. The molecule has 6 heteroatoms. The summed E-state index contributed by atoms with van der Waals surface area (Å²) in [6, 6.07) is 9.88. The van der Waals surface area contributed by atoms with Crippen molar-refractivity contribution < 1.29 is 9.53 Å². The van der Waals surface area contributed by atoms with E-state index in [1.165, 1.54) is 0 Å². The smallest absolute Gasteiger partial charge is 0.325 e. The van der Waals surface area contributed by atoms with Gasteiger partial charge in [0, 0.05) is 18.0 Å². The van der Waals surface area contributed by atoms with E-state index in [0.717, 1.165) is 22.6 Å². The summed E-state index contributed by atoms with van der Waals surface area (Å²) in [7, 11) is 0. The molecule has 23 heavy (non-hydrogen) atoms. The number of aromatic nitrogens is 3. The van der Waals surface area contributed by atoms with Crippen molar-refractivity contribution >= 4 is 17.6 Å². The van der Waals surface area contributed by atoms with Crippen LogP contribution in [0.25, 0.3) is 17.0 Å². The summed E-state index contributed by atoms with van der Waals surface area (Å²) in [4.78, 5) is 20.5. The molecule has 0 saturated heterocycles. The highest BCUT2D eigenvalue weighted by molar-refractivity contribution is 5.80. The molecule has 118 valence electrons. The molecule has 0 spiro atoms. The highest BCUT2D eigenvalue weighted by Gasteiger charge is 2.15. The summed E-state index contributed by atoms with van der Waals surface area (Å²) in [5, 5.41) is 3.12. The van der Waals surface area contributed by atoms with Crippen LogP contribution in [0.15, 0.2) is 42.7 Å². The second-order valence-corrected chi connectivity index (χ2v) is 5.13. The van der Waals surface area contributed by atoms with Crippen LogP contribution in [0.3, 0.4) is 0 Å². The molecule has 2 aromatic heterocycles. The van der Waals surface area contributed by atoms with Gasteiger partial charge in [0.25, 0.3) is 0 Å². The molecule has 0 fully saturated rings. The van der Waals surface area contributed by atoms with Crippen molar-refractivity contribution in [1.29, 1.82) is 0 Å². The highest BCUT2D eigenvalue weighted by Crippen LogP contribution is 2.28. The van der Waals surface area contributed by atoms with E-state index in [4.69, 9.17) is 4.74 Å². The van der Waals surface area contributed by atoms with Crippen LogP contribution >= 0.6 is 0 Å². The molecule has 1 N–H and O–H groups in total. The average molecular weight is 310 g/mol. The molecule has 0 amide bonds. The number of hydrogen-bond donors (Lipinski definition) is 1. The maximum absolute atomic E-state index is 11.6. The fourth-order valence-electron chi connectivity index (χ4n) is 2.42. The second kappa shape index (κ2) is 6.48. The lowest BCUT2D eigenvalue weighted by molar-refractivity contribution is -0.140. The number of imidazole rings is 1. The third-order valence-corrected chi connectivity index (χ3v) is 3.40. The van der Waals surface area contributed by atoms with E-state index >= 15 is 0 Å². The van der Waals surface area contributed by atoms with Gasteiger partial charge in [-0.3, -0.25) is 9.20 Å². The maximum atomic E-state index is 11.6. The predicted molar refractivity (Wildman–Crippen MR) is 88.3 cm³/mol. The Kier molecular flexibility index (Phi) is 4.23. The van der Waals surface area contributed by atoms with Crippen molar-refractivity contribution in [3.8, 4) is 11.3 Å². The Morgan fingerprint density at radius 2 is 2.22 bits per heavy atom. The third-order valence-electron chi connectivity index (χ3n) is 3.40. The van der Waals surface area contributed by atoms with Gasteiger partial charge in [-0.2, -0.15) is 0 Å². The van der Waals surface area contributed by atoms with E-state index in [0.29, 0.717) is 12.4 Å². The standard InChI is InChI=1S/C17H18N4O2/c1-3-23-14(22)11-19-16-15(13-7-4-6-12(2)10-13)20-17-18-8-5-9-21(16)17/h4-10,19H,3,11H2,1-2H3. The maximum Gasteiger partial charge on any atom is 0.325 e. The minimum absolute atomic E-state index is 0.0787. The van der Waals surface area contributed by atoms with E-state index in [9.17, 15) is 4.79 Å². The van der Waals surface area contributed by atoms with Crippen molar-refractivity contribution in [2.75, 3.05) is 18.5 Å². The van der Waals surface area contributed by atoms with Crippen LogP contribution in [0, 0.1) is 6.92 Å². The number of ether oxygens (including phenoxy) is 1. The number of aryl methyl sites for hydroxylation is 1. The first-order chi connectivity index (χ1) is 11.2. The number of nitrogens with zero attached hydrogens (tertiary/aromatic N) is 3. The van der Waals surface area contributed by atoms with Crippen LogP contribution in [0.2, 0.25) is 0 Å². The predicted octanol–water partition coefficient (Wildman–Crippen LogP) is 2.68. The molecule has 2 heterocycles. The Hall–Kier alpha value is -2.89. The molecule has 0 saturated carbocycles. The molecule has 0 radical (unpaired) electrons. The van der Waals surface area contributed by atoms with Gasteiger partial charge in [0.15, 0.2) is 0 Å². The van der Waals surface area contributed by atoms with Crippen LogP contribution in [0.4, 0.5) is 5.82 Å². The third kappa shape index (κ3) is 3.15. The SMILES string of the molecule is CCOC(=O)CNc1c(-c2cccc(C)c2)nc2ncccn12. The number of hydrogen-bond acceptors (Lipinski definition) is 5. The molecular formula is C17H18N4O2. The van der Waals surface area contributed by atoms with Gasteiger partial charge in [0.2, 0.25) is 5.78 Å². The van der Waals surface area contributed by atoms with Gasteiger partial charge >= 0.3 is 5.97 Å². The molecule has 0 atom stereocenters. The molecule has 6 nitrogen and oxygen atoms in total. The first-order valence-corrected chi connectivity index (χ1v) is 7.48. The molecule has 0 unspecified atom stereocenters. The average Bonchev–Trinajstić information content (AvgIpc) is 2.92. The summed E-state index contributed by atoms with van der Waals surface area (Å²) in [6.07, 6.45) is 3.56. The second-order valence-electron chi connectivity index (χ2n) is 5.13. The van der Waals surface area contributed by atoms with E-state index in [1.54, 1.807) is 13.1 Å². The zero-order valence-electron chi connectivity index (χ0n) is 13.1. The molecule has 0 bridgehead atoms. The van der Waals surface area contributed by atoms with E-state index in [1.807, 2.05) is 41.8 Å². The number of nitrogens with one attached hydrogen (secondary N) is 1. The van der Waals surface area contributed by atoms with E-state index < -0.39 is 0 Å². The summed E-state index contributed by atoms with van der Waals surface area (Å²) in [6.45, 7) is 4.26. The van der Waals surface area contributed by atoms with Crippen molar-refractivity contribution in [2.24, 2.45) is 0 Å². The van der Waals surface area contributed by atoms with Crippen molar-refractivity contribution in [3.05, 3.63) is 48.3 Å². The minimum atomic E-state index is -0.304. The monoisotopic (exact) mass is 310 g/mol. The van der Waals surface area contributed by atoms with Crippen LogP contribution in [0.1, 0.15) is 12.5 Å². The lowest BCUT2D eigenvalue weighted by atomic mass is 10.1. The van der Waals surface area contributed by atoms with Crippen LogP contribution in [-0.2, 0) is 9.53 Å². The Bertz CT molecular complexity index is 841. The Morgan fingerprint density at radius 1 is 1.35 bits per heavy atom. The largest absolute Gasteiger partial charge is 0.465 e. The normalized spacial score (nSPS) is 10.7. The molecule has 1 aromatic carbocycles. The minimum Gasteiger partial charge on any atom is -0.465 e. The van der Waals surface area contributed by atoms with Gasteiger partial charge in [-0.05, 0) is 26.0 Å². The van der Waals surface area contributed by atoms with Crippen molar-refractivity contribution in [2.45, 2.75) is 13.8 Å². The first kappa shape index (κ1) is 15.0. The van der Waals surface area contributed by atoms with Gasteiger partial charge in [-0.25, -0.2) is 9.97 Å². The molecular weight excluding hydrogens is 292 g/mol. The van der Waals surface area contributed by atoms with Crippen molar-refractivity contribution in [1.82, 2.24) is 14.4 Å². The Morgan fingerprint density at radius 3 is 3.00 bits per heavy atom. The summed E-state index contributed by atoms with van der Waals surface area (Å²) < 4.78 is 6.80.